The van der Waals surface area contributed by atoms with Gasteiger partial charge in [0.15, 0.2) is 0 Å². The number of anilines is 2. The number of halogens is 2. The van der Waals surface area contributed by atoms with Crippen LogP contribution in [0.25, 0.3) is 22.2 Å². The maximum absolute atomic E-state index is 13.7. The van der Waals surface area contributed by atoms with Crippen molar-refractivity contribution in [3.05, 3.63) is 93.9 Å². The van der Waals surface area contributed by atoms with E-state index in [4.69, 9.17) is 32.9 Å². The van der Waals surface area contributed by atoms with Crippen molar-refractivity contribution in [1.29, 1.82) is 0 Å². The first-order chi connectivity index (χ1) is 33.1. The number of carbonyl (C=O) groups excluding carboxylic acids is 6. The monoisotopic (exact) mass is 996 g/mol. The highest BCUT2D eigenvalue weighted by atomic mass is 35.5. The van der Waals surface area contributed by atoms with E-state index >= 15 is 0 Å². The number of likely N-dealkylation sites (tertiary alicyclic amines) is 1. The highest BCUT2D eigenvalue weighted by molar-refractivity contribution is 7.89. The van der Waals surface area contributed by atoms with Crippen molar-refractivity contribution >= 4 is 91.1 Å². The lowest BCUT2D eigenvalue weighted by molar-refractivity contribution is -0.136. The molecule has 69 heavy (non-hydrogen) atoms. The molecular formula is C47H46Cl2N10O9S. The fourth-order valence-electron chi connectivity index (χ4n) is 10.0. The molecule has 22 heteroatoms. The summed E-state index contributed by atoms with van der Waals surface area (Å²) in [6.07, 6.45) is 5.47. The highest BCUT2D eigenvalue weighted by Crippen LogP contribution is 2.44. The summed E-state index contributed by atoms with van der Waals surface area (Å²) in [5.41, 5.74) is 3.30. The minimum atomic E-state index is -3.56. The SMILES string of the molecule is C[C@@H](Oc1ccc2[nH]nc(-c3ccc(N4CC5(C4)CN(S(=O)(=O)C4CCN(C(=O)CCCC(=O)Nc6ccc7c(c6)C(=O)N(C6CCC(=O)NC6=O)C7=O)CC4)C5)nc3)c2c1)c1c(Cl)cncc1Cl. The van der Waals surface area contributed by atoms with Crippen molar-refractivity contribution in [2.75, 3.05) is 49.5 Å². The number of nitrogens with zero attached hydrogens (tertiary/aromatic N) is 7. The maximum Gasteiger partial charge on any atom is 0.262 e. The summed E-state index contributed by atoms with van der Waals surface area (Å²) in [5, 5.41) is 13.6. The second-order valence-corrected chi connectivity index (χ2v) is 21.3. The highest BCUT2D eigenvalue weighted by Gasteiger charge is 2.56. The van der Waals surface area contributed by atoms with Gasteiger partial charge in [-0.05, 0) is 81.1 Å². The molecule has 19 nitrogen and oxygen atoms in total. The average molecular weight is 998 g/mol. The van der Waals surface area contributed by atoms with Crippen LogP contribution in [0.5, 0.6) is 5.75 Å². The lowest BCUT2D eigenvalue weighted by Crippen LogP contribution is -2.73. The Morgan fingerprint density at radius 1 is 0.899 bits per heavy atom. The predicted octanol–water partition coefficient (Wildman–Crippen LogP) is 5.12. The van der Waals surface area contributed by atoms with E-state index in [1.54, 1.807) is 15.4 Å². The third kappa shape index (κ3) is 8.78. The van der Waals surface area contributed by atoms with Crippen LogP contribution < -0.4 is 20.3 Å². The topological polar surface area (TPSA) is 237 Å². The maximum atomic E-state index is 13.7. The van der Waals surface area contributed by atoms with Crippen molar-refractivity contribution < 1.29 is 41.9 Å². The van der Waals surface area contributed by atoms with Crippen LogP contribution in [-0.2, 0) is 29.2 Å². The van der Waals surface area contributed by atoms with Crippen LogP contribution in [0.15, 0.2) is 67.1 Å². The largest absolute Gasteiger partial charge is 0.486 e. The van der Waals surface area contributed by atoms with Crippen LogP contribution in [0.2, 0.25) is 10.0 Å². The van der Waals surface area contributed by atoms with E-state index in [0.717, 1.165) is 32.9 Å². The number of sulfonamides is 1. The molecule has 4 saturated heterocycles. The van der Waals surface area contributed by atoms with Gasteiger partial charge in [0.05, 0.1) is 31.9 Å². The van der Waals surface area contributed by atoms with Gasteiger partial charge in [-0.3, -0.25) is 49.1 Å². The molecule has 2 aromatic carbocycles. The molecule has 5 aliphatic rings. The molecule has 358 valence electrons. The molecule has 8 heterocycles. The Labute approximate surface area is 405 Å². The third-order valence-electron chi connectivity index (χ3n) is 13.7. The molecular weight excluding hydrogens is 952 g/mol. The van der Waals surface area contributed by atoms with Gasteiger partial charge in [0.25, 0.3) is 11.8 Å². The molecule has 5 aromatic rings. The van der Waals surface area contributed by atoms with E-state index < -0.39 is 57.0 Å². The number of H-pyrrole nitrogens is 1. The summed E-state index contributed by atoms with van der Waals surface area (Å²) in [7, 11) is -3.56. The minimum Gasteiger partial charge on any atom is -0.486 e. The summed E-state index contributed by atoms with van der Waals surface area (Å²) >= 11 is 12.7. The van der Waals surface area contributed by atoms with E-state index in [0.29, 0.717) is 73.5 Å². The Balaban J connectivity index is 0.654. The predicted molar refractivity (Wildman–Crippen MR) is 253 cm³/mol. The van der Waals surface area contributed by atoms with Crippen LogP contribution in [0.1, 0.15) is 84.3 Å². The Hall–Kier alpha value is -6.48. The van der Waals surface area contributed by atoms with Crippen molar-refractivity contribution in [3.8, 4) is 17.0 Å². The number of benzene rings is 2. The molecule has 5 aliphatic heterocycles. The first-order valence-electron chi connectivity index (χ1n) is 22.6. The number of aromatic amines is 1. The molecule has 0 radical (unpaired) electrons. The van der Waals surface area contributed by atoms with Gasteiger partial charge in [-0.25, -0.2) is 17.7 Å². The van der Waals surface area contributed by atoms with Crippen molar-refractivity contribution in [1.82, 2.24) is 39.6 Å². The van der Waals surface area contributed by atoms with Gasteiger partial charge < -0.3 is 19.9 Å². The van der Waals surface area contributed by atoms with Crippen LogP contribution in [0.4, 0.5) is 11.5 Å². The molecule has 6 amide bonds. The molecule has 4 fully saturated rings. The number of rotatable bonds is 13. The Morgan fingerprint density at radius 3 is 2.35 bits per heavy atom. The second kappa shape index (κ2) is 18.1. The Morgan fingerprint density at radius 2 is 1.64 bits per heavy atom. The number of hydrogen-bond acceptors (Lipinski definition) is 13. The molecule has 1 unspecified atom stereocenters. The standard InChI is InChI=1S/C47H46Cl2N10O9S/c1-26(42-34(48)20-50-21-35(42)49)68-29-7-9-36-33(18-29)43(55-54-36)27-5-11-38(51-19-27)57-22-47(23-57)24-58(25-47)69(66,67)30-13-15-56(16-14-30)41(62)4-2-3-39(60)52-28-6-8-31-32(17-28)46(65)59(45(31)64)37-10-12-40(61)53-44(37)63/h5-9,11,17-21,26,30,37H,2-4,10,12-16,22-25H2,1H3,(H,52,60)(H,54,55)(H,53,61,63)/t26-,37?/m1/s1. The smallest absolute Gasteiger partial charge is 0.262 e. The fraction of sp³-hybridized carbons (Fsp3) is 0.383. The van der Waals surface area contributed by atoms with Crippen LogP contribution >= 0.6 is 23.2 Å². The van der Waals surface area contributed by atoms with E-state index in [9.17, 15) is 37.2 Å². The van der Waals surface area contributed by atoms with Crippen molar-refractivity contribution in [2.24, 2.45) is 5.41 Å². The first-order valence-corrected chi connectivity index (χ1v) is 24.9. The summed E-state index contributed by atoms with van der Waals surface area (Å²) in [6, 6.07) is 12.7. The quantitative estimate of drug-likeness (QED) is 0.130. The molecule has 10 rings (SSSR count). The van der Waals surface area contributed by atoms with E-state index in [-0.39, 0.29) is 60.2 Å². The normalized spacial score (nSPS) is 19.9. The number of hydrogen-bond donors (Lipinski definition) is 3. The Kier molecular flexibility index (Phi) is 12.1. The van der Waals surface area contributed by atoms with Crippen LogP contribution in [-0.4, -0.2) is 129 Å². The first kappa shape index (κ1) is 46.3. The lowest BCUT2D eigenvalue weighted by atomic mass is 9.74. The second-order valence-electron chi connectivity index (χ2n) is 18.3. The number of nitrogens with one attached hydrogen (secondary N) is 3. The van der Waals surface area contributed by atoms with E-state index in [1.807, 2.05) is 37.3 Å². The third-order valence-corrected chi connectivity index (χ3v) is 16.6. The molecule has 3 aromatic heterocycles. The molecule has 1 spiro atoms. The van der Waals surface area contributed by atoms with Gasteiger partial charge in [0.2, 0.25) is 33.7 Å². The average Bonchev–Trinajstić information content (AvgIpc) is 3.82. The van der Waals surface area contributed by atoms with Crippen LogP contribution in [0.3, 0.4) is 0 Å². The van der Waals surface area contributed by atoms with E-state index in [1.165, 1.54) is 30.6 Å². The summed E-state index contributed by atoms with van der Waals surface area (Å²) < 4.78 is 35.2. The van der Waals surface area contributed by atoms with Crippen LogP contribution in [0, 0.1) is 5.41 Å². The van der Waals surface area contributed by atoms with Gasteiger partial charge in [-0.1, -0.05) is 23.2 Å². The molecule has 0 saturated carbocycles. The number of fused-ring (bicyclic) bond motifs is 2. The van der Waals surface area contributed by atoms with Crippen molar-refractivity contribution in [3.63, 3.8) is 0 Å². The minimum absolute atomic E-state index is 0.00225. The molecule has 0 aliphatic carbocycles. The summed E-state index contributed by atoms with van der Waals surface area (Å²) in [5.74, 6) is -1.65. The zero-order valence-electron chi connectivity index (χ0n) is 37.2. The van der Waals surface area contributed by atoms with Gasteiger partial charge in [0.1, 0.15) is 29.4 Å². The van der Waals surface area contributed by atoms with Gasteiger partial charge in [-0.15, -0.1) is 0 Å². The Bertz CT molecular complexity index is 3040. The van der Waals surface area contributed by atoms with Crippen molar-refractivity contribution in [2.45, 2.75) is 69.3 Å². The van der Waals surface area contributed by atoms with Gasteiger partial charge in [0, 0.05) is 105 Å². The molecule has 2 atom stereocenters. The van der Waals surface area contributed by atoms with E-state index in [2.05, 4.69) is 30.7 Å². The summed E-state index contributed by atoms with van der Waals surface area (Å²) in [4.78, 5) is 89.4. The number of ether oxygens (including phenoxy) is 1. The fourth-order valence-corrected chi connectivity index (χ4v) is 12.8. The number of imide groups is 2. The number of piperidine rings is 2. The number of amides is 6. The zero-order valence-corrected chi connectivity index (χ0v) is 39.6. The summed E-state index contributed by atoms with van der Waals surface area (Å²) in [6.45, 7) is 4.73. The lowest BCUT2D eigenvalue weighted by Gasteiger charge is -2.60. The molecule has 0 bridgehead atoms. The van der Waals surface area contributed by atoms with Gasteiger partial charge in [-0.2, -0.15) is 5.10 Å². The zero-order chi connectivity index (χ0) is 48.4. The number of pyridine rings is 2. The van der Waals surface area contributed by atoms with Gasteiger partial charge >= 0.3 is 0 Å². The number of carbonyl (C=O) groups is 6. The number of aromatic nitrogens is 4. The molecule has 3 N–H and O–H groups in total.